The van der Waals surface area contributed by atoms with Crippen LogP contribution in [0.4, 0.5) is 0 Å². The minimum absolute atomic E-state index is 0.0647. The number of rotatable bonds is 6. The molecule has 2 aromatic rings. The van der Waals surface area contributed by atoms with E-state index in [4.69, 9.17) is 9.47 Å². The molecule has 0 radical (unpaired) electrons. The van der Waals surface area contributed by atoms with Gasteiger partial charge in [-0.3, -0.25) is 4.79 Å². The van der Waals surface area contributed by atoms with E-state index in [0.29, 0.717) is 30.3 Å². The number of nitrogens with zero attached hydrogens (tertiary/aromatic N) is 1. The molecule has 1 unspecified atom stereocenters. The molecule has 1 fully saturated rings. The maximum absolute atomic E-state index is 13.0. The quantitative estimate of drug-likeness (QED) is 0.772. The van der Waals surface area contributed by atoms with Gasteiger partial charge in [0.25, 0.3) is 5.91 Å². The summed E-state index contributed by atoms with van der Waals surface area (Å²) in [4.78, 5) is 16.3. The van der Waals surface area contributed by atoms with Crippen molar-refractivity contribution >= 4 is 17.2 Å². The number of likely N-dealkylation sites (tertiary alicyclic amines) is 1. The van der Waals surface area contributed by atoms with Crippen LogP contribution in [0.2, 0.25) is 0 Å². The van der Waals surface area contributed by atoms with Crippen LogP contribution in [0.15, 0.2) is 35.7 Å². The van der Waals surface area contributed by atoms with Crippen molar-refractivity contribution in [3.63, 3.8) is 0 Å². The molecule has 24 heavy (non-hydrogen) atoms. The molecule has 128 valence electrons. The van der Waals surface area contributed by atoms with E-state index in [1.165, 1.54) is 4.88 Å². The zero-order valence-electron chi connectivity index (χ0n) is 14.2. The summed E-state index contributed by atoms with van der Waals surface area (Å²) in [5, 5.41) is 2.07. The van der Waals surface area contributed by atoms with E-state index in [0.717, 1.165) is 19.4 Å². The molecule has 0 N–H and O–H groups in total. The Bertz CT molecular complexity index is 684. The molecule has 1 aliphatic rings. The number of hydrogen-bond donors (Lipinski definition) is 0. The van der Waals surface area contributed by atoms with Crippen molar-refractivity contribution in [1.82, 2.24) is 4.90 Å². The van der Waals surface area contributed by atoms with Gasteiger partial charge < -0.3 is 14.4 Å². The van der Waals surface area contributed by atoms with Crippen LogP contribution in [0.3, 0.4) is 0 Å². The highest BCUT2D eigenvalue weighted by molar-refractivity contribution is 7.10. The molecule has 5 heteroatoms. The minimum Gasteiger partial charge on any atom is -0.490 e. The lowest BCUT2D eigenvalue weighted by Crippen LogP contribution is -2.30. The summed E-state index contributed by atoms with van der Waals surface area (Å²) in [7, 11) is 0. The van der Waals surface area contributed by atoms with Gasteiger partial charge in [0.05, 0.1) is 19.3 Å². The van der Waals surface area contributed by atoms with Crippen molar-refractivity contribution in [3.05, 3.63) is 46.2 Å². The van der Waals surface area contributed by atoms with Crippen LogP contribution in [0.1, 0.15) is 48.0 Å². The molecule has 2 heterocycles. The van der Waals surface area contributed by atoms with Crippen molar-refractivity contribution < 1.29 is 14.3 Å². The van der Waals surface area contributed by atoms with Crippen LogP contribution in [0.5, 0.6) is 11.5 Å². The second kappa shape index (κ2) is 7.71. The zero-order valence-corrected chi connectivity index (χ0v) is 15.0. The second-order valence-corrected chi connectivity index (χ2v) is 6.68. The fourth-order valence-corrected chi connectivity index (χ4v) is 4.01. The van der Waals surface area contributed by atoms with Crippen molar-refractivity contribution in [3.8, 4) is 11.5 Å². The molecule has 0 spiro atoms. The Morgan fingerprint density at radius 1 is 1.21 bits per heavy atom. The topological polar surface area (TPSA) is 38.8 Å². The predicted molar refractivity (Wildman–Crippen MR) is 96.1 cm³/mol. The third-order valence-corrected chi connectivity index (χ3v) is 5.15. The zero-order chi connectivity index (χ0) is 16.9. The average Bonchev–Trinajstić information content (AvgIpc) is 3.27. The van der Waals surface area contributed by atoms with Gasteiger partial charge in [-0.15, -0.1) is 11.3 Å². The molecular formula is C19H23NO3S. The molecule has 3 rings (SSSR count). The Kier molecular flexibility index (Phi) is 5.41. The van der Waals surface area contributed by atoms with Gasteiger partial charge in [0.2, 0.25) is 0 Å². The molecule has 1 atom stereocenters. The van der Waals surface area contributed by atoms with E-state index in [1.807, 2.05) is 36.9 Å². The lowest BCUT2D eigenvalue weighted by molar-refractivity contribution is 0.0737. The lowest BCUT2D eigenvalue weighted by atomic mass is 10.1. The highest BCUT2D eigenvalue weighted by atomic mass is 32.1. The van der Waals surface area contributed by atoms with Gasteiger partial charge in [-0.25, -0.2) is 0 Å². The Morgan fingerprint density at radius 3 is 2.71 bits per heavy atom. The molecular weight excluding hydrogens is 322 g/mol. The van der Waals surface area contributed by atoms with Crippen LogP contribution in [-0.2, 0) is 0 Å². The van der Waals surface area contributed by atoms with E-state index >= 15 is 0 Å². The van der Waals surface area contributed by atoms with Gasteiger partial charge in [0.1, 0.15) is 0 Å². The van der Waals surface area contributed by atoms with Gasteiger partial charge in [0, 0.05) is 17.0 Å². The van der Waals surface area contributed by atoms with Gasteiger partial charge >= 0.3 is 0 Å². The number of amides is 1. The van der Waals surface area contributed by atoms with Crippen molar-refractivity contribution in [2.24, 2.45) is 0 Å². The minimum atomic E-state index is 0.0647. The molecule has 1 aromatic carbocycles. The average molecular weight is 345 g/mol. The van der Waals surface area contributed by atoms with E-state index in [9.17, 15) is 4.79 Å². The van der Waals surface area contributed by atoms with Gasteiger partial charge in [-0.2, -0.15) is 0 Å². The van der Waals surface area contributed by atoms with Crippen LogP contribution in [-0.4, -0.2) is 30.6 Å². The molecule has 0 bridgehead atoms. The number of benzene rings is 1. The molecule has 1 aromatic heterocycles. The normalized spacial score (nSPS) is 17.1. The maximum atomic E-state index is 13.0. The van der Waals surface area contributed by atoms with Gasteiger partial charge in [0.15, 0.2) is 11.5 Å². The summed E-state index contributed by atoms with van der Waals surface area (Å²) < 4.78 is 11.2. The Balaban J connectivity index is 1.85. The van der Waals surface area contributed by atoms with Gasteiger partial charge in [-0.05, 0) is 56.3 Å². The van der Waals surface area contributed by atoms with Crippen LogP contribution in [0.25, 0.3) is 0 Å². The Morgan fingerprint density at radius 2 is 2.00 bits per heavy atom. The summed E-state index contributed by atoms with van der Waals surface area (Å²) in [6.45, 7) is 5.78. The number of carbonyl (C=O) groups is 1. The smallest absolute Gasteiger partial charge is 0.254 e. The first-order chi connectivity index (χ1) is 11.7. The number of thiophene rings is 1. The number of ether oxygens (including phenoxy) is 2. The van der Waals surface area contributed by atoms with Crippen LogP contribution in [0, 0.1) is 0 Å². The van der Waals surface area contributed by atoms with E-state index < -0.39 is 0 Å². The lowest BCUT2D eigenvalue weighted by Gasteiger charge is -2.24. The third-order valence-electron chi connectivity index (χ3n) is 4.18. The van der Waals surface area contributed by atoms with E-state index in [2.05, 4.69) is 11.4 Å². The molecule has 0 saturated carbocycles. The van der Waals surface area contributed by atoms with Gasteiger partial charge in [-0.1, -0.05) is 6.07 Å². The molecule has 1 amide bonds. The Labute approximate surface area is 147 Å². The number of carbonyl (C=O) groups excluding carboxylic acids is 1. The summed E-state index contributed by atoms with van der Waals surface area (Å²) >= 11 is 1.72. The first-order valence-electron chi connectivity index (χ1n) is 8.48. The van der Waals surface area contributed by atoms with Crippen molar-refractivity contribution in [2.45, 2.75) is 32.7 Å². The summed E-state index contributed by atoms with van der Waals surface area (Å²) in [6, 6.07) is 9.83. The van der Waals surface area contributed by atoms with E-state index in [1.54, 1.807) is 17.4 Å². The predicted octanol–water partition coefficient (Wildman–Crippen LogP) is 4.52. The Hall–Kier alpha value is -2.01. The highest BCUT2D eigenvalue weighted by Gasteiger charge is 2.31. The largest absolute Gasteiger partial charge is 0.490 e. The molecule has 1 aliphatic heterocycles. The SMILES string of the molecule is CCOc1ccc(C(=O)N2CCCC2c2cccs2)cc1OCC. The first-order valence-corrected chi connectivity index (χ1v) is 9.36. The number of hydrogen-bond acceptors (Lipinski definition) is 4. The second-order valence-electron chi connectivity index (χ2n) is 5.70. The monoisotopic (exact) mass is 345 g/mol. The van der Waals surface area contributed by atoms with Crippen molar-refractivity contribution in [2.75, 3.05) is 19.8 Å². The first kappa shape index (κ1) is 16.8. The van der Waals surface area contributed by atoms with Crippen molar-refractivity contribution in [1.29, 1.82) is 0 Å². The standard InChI is InChI=1S/C19H23NO3S/c1-3-22-16-10-9-14(13-17(16)23-4-2)19(21)20-11-5-7-15(20)18-8-6-12-24-18/h6,8-10,12-13,15H,3-5,7,11H2,1-2H3. The fraction of sp³-hybridized carbons (Fsp3) is 0.421. The maximum Gasteiger partial charge on any atom is 0.254 e. The molecule has 0 aliphatic carbocycles. The molecule has 1 saturated heterocycles. The summed E-state index contributed by atoms with van der Waals surface area (Å²) in [6.07, 6.45) is 2.07. The van der Waals surface area contributed by atoms with Crippen LogP contribution >= 0.6 is 11.3 Å². The van der Waals surface area contributed by atoms with Crippen LogP contribution < -0.4 is 9.47 Å². The van der Waals surface area contributed by atoms with E-state index in [-0.39, 0.29) is 11.9 Å². The summed E-state index contributed by atoms with van der Waals surface area (Å²) in [5.74, 6) is 1.39. The molecule has 4 nitrogen and oxygen atoms in total. The summed E-state index contributed by atoms with van der Waals surface area (Å²) in [5.41, 5.74) is 0.658. The fourth-order valence-electron chi connectivity index (χ4n) is 3.14. The third kappa shape index (κ3) is 3.41. The highest BCUT2D eigenvalue weighted by Crippen LogP contribution is 2.36.